The molecule has 8 nitrogen and oxygen atoms in total. The van der Waals surface area contributed by atoms with Crippen molar-refractivity contribution in [2.24, 2.45) is 0 Å². The van der Waals surface area contributed by atoms with Crippen LogP contribution in [-0.4, -0.2) is 31.6 Å². The average Bonchev–Trinajstić information content (AvgIpc) is 2.60. The highest BCUT2D eigenvalue weighted by Gasteiger charge is 2.17. The summed E-state index contributed by atoms with van der Waals surface area (Å²) in [6.45, 7) is 1.16. The number of benzene rings is 2. The number of nitrogens with one attached hydrogen (secondary N) is 1. The lowest BCUT2D eigenvalue weighted by Crippen LogP contribution is -2.21. The molecule has 2 rings (SSSR count). The van der Waals surface area contributed by atoms with Gasteiger partial charge in [-0.3, -0.25) is 14.9 Å². The zero-order chi connectivity index (χ0) is 18.4. The minimum absolute atomic E-state index is 0.0428. The van der Waals surface area contributed by atoms with Crippen LogP contribution in [0.25, 0.3) is 0 Å². The van der Waals surface area contributed by atoms with Gasteiger partial charge in [0.05, 0.1) is 21.3 Å². The van der Waals surface area contributed by atoms with E-state index in [0.717, 1.165) is 0 Å². The molecule has 0 spiro atoms. The van der Waals surface area contributed by atoms with Crippen LogP contribution in [0.15, 0.2) is 53.4 Å². The van der Waals surface area contributed by atoms with Gasteiger partial charge >= 0.3 is 0 Å². The maximum atomic E-state index is 12.0. The number of non-ortho nitro benzene ring substituents is 1. The Hall–Kier alpha value is -2.94. The molecule has 0 fully saturated rings. The number of ether oxygens (including phenoxy) is 1. The number of sulfone groups is 1. The van der Waals surface area contributed by atoms with E-state index in [9.17, 15) is 23.3 Å². The van der Waals surface area contributed by atoms with Crippen molar-refractivity contribution in [2.75, 3.05) is 17.7 Å². The molecule has 2 aromatic carbocycles. The molecule has 0 aliphatic rings. The van der Waals surface area contributed by atoms with E-state index in [1.807, 2.05) is 0 Å². The highest BCUT2D eigenvalue weighted by Crippen LogP contribution is 2.22. The van der Waals surface area contributed by atoms with E-state index < -0.39 is 20.7 Å². The van der Waals surface area contributed by atoms with Crippen LogP contribution >= 0.6 is 0 Å². The fourth-order valence-electron chi connectivity index (χ4n) is 2.00. The van der Waals surface area contributed by atoms with Crippen LogP contribution in [-0.2, 0) is 14.6 Å². The topological polar surface area (TPSA) is 116 Å². The second-order valence-corrected chi connectivity index (χ2v) is 7.23. The number of nitro benzene ring substituents is 1. The van der Waals surface area contributed by atoms with Crippen LogP contribution in [0.4, 0.5) is 11.4 Å². The molecule has 9 heteroatoms. The SMILES string of the molecule is CCS(=O)(=O)c1ccccc1NC(=O)COc1ccc([N+](=O)[O-])cc1. The van der Waals surface area contributed by atoms with Gasteiger partial charge in [0.15, 0.2) is 16.4 Å². The van der Waals surface area contributed by atoms with Crippen LogP contribution in [0.5, 0.6) is 5.75 Å². The predicted molar refractivity (Wildman–Crippen MR) is 91.4 cm³/mol. The molecule has 0 atom stereocenters. The molecular weight excluding hydrogens is 348 g/mol. The smallest absolute Gasteiger partial charge is 0.269 e. The third kappa shape index (κ3) is 4.77. The van der Waals surface area contributed by atoms with Crippen LogP contribution in [0.3, 0.4) is 0 Å². The van der Waals surface area contributed by atoms with Crippen molar-refractivity contribution in [3.8, 4) is 5.75 Å². The van der Waals surface area contributed by atoms with Gasteiger partial charge in [0.2, 0.25) is 0 Å². The fourth-order valence-corrected chi connectivity index (χ4v) is 3.05. The highest BCUT2D eigenvalue weighted by atomic mass is 32.2. The molecule has 1 amide bonds. The molecular formula is C16H16N2O6S. The first kappa shape index (κ1) is 18.4. The number of hydrogen-bond donors (Lipinski definition) is 1. The summed E-state index contributed by atoms with van der Waals surface area (Å²) in [5, 5.41) is 13.1. The number of nitrogens with zero attached hydrogens (tertiary/aromatic N) is 1. The minimum atomic E-state index is -3.47. The van der Waals surface area contributed by atoms with E-state index in [1.54, 1.807) is 12.1 Å². The summed E-state index contributed by atoms with van der Waals surface area (Å²) < 4.78 is 29.3. The van der Waals surface area contributed by atoms with E-state index in [-0.39, 0.29) is 34.4 Å². The molecule has 0 aliphatic heterocycles. The van der Waals surface area contributed by atoms with E-state index in [2.05, 4.69) is 5.32 Å². The lowest BCUT2D eigenvalue weighted by molar-refractivity contribution is -0.384. The van der Waals surface area contributed by atoms with Gasteiger partial charge in [-0.15, -0.1) is 0 Å². The molecule has 0 saturated carbocycles. The Morgan fingerprint density at radius 2 is 1.80 bits per heavy atom. The Labute approximate surface area is 144 Å². The molecule has 0 aliphatic carbocycles. The molecule has 25 heavy (non-hydrogen) atoms. The molecule has 0 bridgehead atoms. The second-order valence-electron chi connectivity index (χ2n) is 4.99. The van der Waals surface area contributed by atoms with Crippen molar-refractivity contribution < 1.29 is 22.9 Å². The Morgan fingerprint density at radius 1 is 1.16 bits per heavy atom. The number of carbonyl (C=O) groups is 1. The summed E-state index contributed by atoms with van der Waals surface area (Å²) in [7, 11) is -3.47. The van der Waals surface area contributed by atoms with Crippen molar-refractivity contribution in [1.29, 1.82) is 0 Å². The Balaban J connectivity index is 2.03. The molecule has 0 heterocycles. The molecule has 0 unspecified atom stereocenters. The minimum Gasteiger partial charge on any atom is -0.484 e. The molecule has 2 aromatic rings. The van der Waals surface area contributed by atoms with Crippen LogP contribution in [0.2, 0.25) is 0 Å². The number of para-hydroxylation sites is 1. The van der Waals surface area contributed by atoms with E-state index in [4.69, 9.17) is 4.74 Å². The fraction of sp³-hybridized carbons (Fsp3) is 0.188. The van der Waals surface area contributed by atoms with Crippen molar-refractivity contribution in [3.05, 3.63) is 58.6 Å². The number of amides is 1. The zero-order valence-electron chi connectivity index (χ0n) is 13.3. The Morgan fingerprint density at radius 3 is 2.40 bits per heavy atom. The summed E-state index contributed by atoms with van der Waals surface area (Å²) in [6, 6.07) is 11.4. The molecule has 132 valence electrons. The van der Waals surface area contributed by atoms with Gasteiger partial charge in [-0.2, -0.15) is 0 Å². The van der Waals surface area contributed by atoms with Crippen LogP contribution in [0, 0.1) is 10.1 Å². The normalized spacial score (nSPS) is 10.9. The first-order valence-electron chi connectivity index (χ1n) is 7.32. The summed E-state index contributed by atoms with van der Waals surface area (Å²) >= 11 is 0. The van der Waals surface area contributed by atoms with Crippen molar-refractivity contribution in [1.82, 2.24) is 0 Å². The third-order valence-electron chi connectivity index (χ3n) is 3.29. The van der Waals surface area contributed by atoms with Crippen molar-refractivity contribution in [2.45, 2.75) is 11.8 Å². The van der Waals surface area contributed by atoms with Crippen LogP contribution in [0.1, 0.15) is 6.92 Å². The highest BCUT2D eigenvalue weighted by molar-refractivity contribution is 7.91. The first-order chi connectivity index (χ1) is 11.8. The lowest BCUT2D eigenvalue weighted by atomic mass is 10.3. The van der Waals surface area contributed by atoms with Gasteiger partial charge in [-0.05, 0) is 24.3 Å². The number of nitro groups is 1. The number of rotatable bonds is 7. The average molecular weight is 364 g/mol. The van der Waals surface area contributed by atoms with Crippen molar-refractivity contribution >= 4 is 27.1 Å². The predicted octanol–water partition coefficient (Wildman–Crippen LogP) is 2.41. The maximum absolute atomic E-state index is 12.0. The van der Waals surface area contributed by atoms with Gasteiger partial charge in [0, 0.05) is 12.1 Å². The summed E-state index contributed by atoms with van der Waals surface area (Å²) in [6.07, 6.45) is 0. The second kappa shape index (κ2) is 7.75. The zero-order valence-corrected chi connectivity index (χ0v) is 14.2. The summed E-state index contributed by atoms with van der Waals surface area (Å²) in [5.74, 6) is -0.341. The van der Waals surface area contributed by atoms with Gasteiger partial charge in [0.1, 0.15) is 5.75 Å². The van der Waals surface area contributed by atoms with E-state index in [0.29, 0.717) is 0 Å². The Kier molecular flexibility index (Phi) is 5.71. The number of carbonyl (C=O) groups excluding carboxylic acids is 1. The van der Waals surface area contributed by atoms with Gasteiger partial charge < -0.3 is 10.1 Å². The molecule has 1 N–H and O–H groups in total. The van der Waals surface area contributed by atoms with Gasteiger partial charge in [0.25, 0.3) is 11.6 Å². The lowest BCUT2D eigenvalue weighted by Gasteiger charge is -2.11. The monoisotopic (exact) mass is 364 g/mol. The molecule has 0 radical (unpaired) electrons. The number of anilines is 1. The van der Waals surface area contributed by atoms with E-state index in [1.165, 1.54) is 43.3 Å². The van der Waals surface area contributed by atoms with Crippen molar-refractivity contribution in [3.63, 3.8) is 0 Å². The molecule has 0 saturated heterocycles. The van der Waals surface area contributed by atoms with Gasteiger partial charge in [-0.25, -0.2) is 8.42 Å². The summed E-state index contributed by atoms with van der Waals surface area (Å²) in [5.41, 5.74) is 0.0946. The van der Waals surface area contributed by atoms with Gasteiger partial charge in [-0.1, -0.05) is 19.1 Å². The molecule has 0 aromatic heterocycles. The Bertz CT molecular complexity index is 878. The summed E-state index contributed by atoms with van der Waals surface area (Å²) in [4.78, 5) is 22.1. The standard InChI is InChI=1S/C16H16N2O6S/c1-2-25(22,23)15-6-4-3-5-14(15)17-16(19)11-24-13-9-7-12(8-10-13)18(20)21/h3-10H,2,11H2,1H3,(H,17,19). The largest absolute Gasteiger partial charge is 0.484 e. The van der Waals surface area contributed by atoms with E-state index >= 15 is 0 Å². The first-order valence-corrected chi connectivity index (χ1v) is 8.97. The quantitative estimate of drug-likeness (QED) is 0.596. The number of hydrogen-bond acceptors (Lipinski definition) is 6. The maximum Gasteiger partial charge on any atom is 0.269 e. The third-order valence-corrected chi connectivity index (χ3v) is 5.08. The van der Waals surface area contributed by atoms with Crippen LogP contribution < -0.4 is 10.1 Å².